The van der Waals surface area contributed by atoms with Crippen molar-refractivity contribution in [3.05, 3.63) is 63.3 Å². The second-order valence-corrected chi connectivity index (χ2v) is 6.41. The SMILES string of the molecule is Cc1ccc(-c2cc(=O)c3cccc(Cl)c3o2)c(OCCNC(=O)C(=O)O)c1. The lowest BCUT2D eigenvalue weighted by atomic mass is 10.1. The molecular formula is C20H16ClNO6. The predicted molar refractivity (Wildman–Crippen MR) is 104 cm³/mol. The number of hydrogen-bond acceptors (Lipinski definition) is 5. The van der Waals surface area contributed by atoms with Gasteiger partial charge in [-0.15, -0.1) is 0 Å². The second-order valence-electron chi connectivity index (χ2n) is 6.00. The van der Waals surface area contributed by atoms with E-state index in [4.69, 9.17) is 25.9 Å². The Balaban J connectivity index is 1.91. The van der Waals surface area contributed by atoms with Crippen LogP contribution in [0, 0.1) is 6.92 Å². The number of para-hydroxylation sites is 1. The molecule has 144 valence electrons. The van der Waals surface area contributed by atoms with Crippen molar-refractivity contribution in [2.24, 2.45) is 0 Å². The van der Waals surface area contributed by atoms with Crippen LogP contribution < -0.4 is 15.5 Å². The van der Waals surface area contributed by atoms with Crippen LogP contribution >= 0.6 is 11.6 Å². The van der Waals surface area contributed by atoms with Crippen LogP contribution in [0.3, 0.4) is 0 Å². The first-order valence-corrected chi connectivity index (χ1v) is 8.72. The molecule has 0 aliphatic rings. The Morgan fingerprint density at radius 1 is 1.21 bits per heavy atom. The van der Waals surface area contributed by atoms with E-state index in [9.17, 15) is 14.4 Å². The van der Waals surface area contributed by atoms with Gasteiger partial charge in [0.15, 0.2) is 11.0 Å². The highest BCUT2D eigenvalue weighted by Gasteiger charge is 2.14. The topological polar surface area (TPSA) is 106 Å². The molecule has 8 heteroatoms. The minimum absolute atomic E-state index is 0.00596. The number of carbonyl (C=O) groups excluding carboxylic acids is 1. The molecule has 0 atom stereocenters. The summed E-state index contributed by atoms with van der Waals surface area (Å²) in [6.45, 7) is 1.91. The van der Waals surface area contributed by atoms with Crippen molar-refractivity contribution in [1.82, 2.24) is 5.32 Å². The standard InChI is InChI=1S/C20H16ClNO6/c1-11-5-6-13(16(9-11)27-8-7-22-19(24)20(25)26)17-10-15(23)12-3-2-4-14(21)18(12)28-17/h2-6,9-10H,7-8H2,1H3,(H,22,24)(H,25,26). The van der Waals surface area contributed by atoms with Gasteiger partial charge < -0.3 is 19.6 Å². The van der Waals surface area contributed by atoms with Gasteiger partial charge in [-0.2, -0.15) is 0 Å². The summed E-state index contributed by atoms with van der Waals surface area (Å²) in [6, 6.07) is 11.6. The molecule has 1 heterocycles. The summed E-state index contributed by atoms with van der Waals surface area (Å²) in [5.74, 6) is -1.96. The van der Waals surface area contributed by atoms with Crippen LogP contribution in [0.2, 0.25) is 5.02 Å². The van der Waals surface area contributed by atoms with Crippen molar-refractivity contribution in [2.45, 2.75) is 6.92 Å². The Bertz CT molecular complexity index is 1120. The molecule has 0 spiro atoms. The van der Waals surface area contributed by atoms with Gasteiger partial charge in [0.2, 0.25) is 0 Å². The minimum Gasteiger partial charge on any atom is -0.491 e. The van der Waals surface area contributed by atoms with Gasteiger partial charge in [-0.05, 0) is 36.8 Å². The van der Waals surface area contributed by atoms with Crippen LogP contribution in [0.5, 0.6) is 5.75 Å². The number of nitrogens with one attached hydrogen (secondary N) is 1. The van der Waals surface area contributed by atoms with Gasteiger partial charge in [0.05, 0.1) is 22.5 Å². The van der Waals surface area contributed by atoms with Gasteiger partial charge in [-0.3, -0.25) is 9.59 Å². The number of ether oxygens (including phenoxy) is 1. The fourth-order valence-electron chi connectivity index (χ4n) is 2.63. The summed E-state index contributed by atoms with van der Waals surface area (Å²) in [5, 5.41) is 11.5. The van der Waals surface area contributed by atoms with Crippen LogP contribution in [-0.4, -0.2) is 30.1 Å². The zero-order chi connectivity index (χ0) is 20.3. The number of aryl methyl sites for hydroxylation is 1. The summed E-state index contributed by atoms with van der Waals surface area (Å²) >= 11 is 6.16. The molecule has 0 aliphatic carbocycles. The maximum atomic E-state index is 12.4. The largest absolute Gasteiger partial charge is 0.491 e. The quantitative estimate of drug-likeness (QED) is 0.503. The van der Waals surface area contributed by atoms with Crippen LogP contribution in [-0.2, 0) is 9.59 Å². The summed E-state index contributed by atoms with van der Waals surface area (Å²) in [7, 11) is 0. The molecule has 3 aromatic rings. The maximum Gasteiger partial charge on any atom is 0.394 e. The first-order chi connectivity index (χ1) is 13.4. The minimum atomic E-state index is -1.56. The number of fused-ring (bicyclic) bond motifs is 1. The van der Waals surface area contributed by atoms with Crippen molar-refractivity contribution in [2.75, 3.05) is 13.2 Å². The lowest BCUT2D eigenvalue weighted by Gasteiger charge is -2.13. The molecule has 0 fully saturated rings. The van der Waals surface area contributed by atoms with Crippen molar-refractivity contribution in [3.63, 3.8) is 0 Å². The zero-order valence-electron chi connectivity index (χ0n) is 14.8. The van der Waals surface area contributed by atoms with E-state index >= 15 is 0 Å². The van der Waals surface area contributed by atoms with E-state index in [1.807, 2.05) is 13.0 Å². The zero-order valence-corrected chi connectivity index (χ0v) is 15.6. The van der Waals surface area contributed by atoms with E-state index < -0.39 is 11.9 Å². The predicted octanol–water partition coefficient (Wildman–Crippen LogP) is 3.00. The first-order valence-electron chi connectivity index (χ1n) is 8.34. The lowest BCUT2D eigenvalue weighted by molar-refractivity contribution is -0.150. The number of halogens is 1. The highest BCUT2D eigenvalue weighted by molar-refractivity contribution is 6.34. The third-order valence-electron chi connectivity index (χ3n) is 3.95. The van der Waals surface area contributed by atoms with E-state index in [-0.39, 0.29) is 29.9 Å². The Labute approximate surface area is 164 Å². The Kier molecular flexibility index (Phi) is 5.65. The molecule has 0 radical (unpaired) electrons. The lowest BCUT2D eigenvalue weighted by Crippen LogP contribution is -2.33. The fraction of sp³-hybridized carbons (Fsp3) is 0.150. The Hall–Kier alpha value is -3.32. The molecule has 28 heavy (non-hydrogen) atoms. The average molecular weight is 402 g/mol. The Morgan fingerprint density at radius 2 is 2.00 bits per heavy atom. The summed E-state index contributed by atoms with van der Waals surface area (Å²) in [5.41, 5.74) is 1.49. The van der Waals surface area contributed by atoms with E-state index in [1.54, 1.807) is 30.3 Å². The second kappa shape index (κ2) is 8.14. The monoisotopic (exact) mass is 401 g/mol. The third kappa shape index (κ3) is 4.15. The number of carboxylic acids is 1. The molecule has 3 rings (SSSR count). The smallest absolute Gasteiger partial charge is 0.394 e. The molecule has 0 saturated carbocycles. The van der Waals surface area contributed by atoms with Gasteiger partial charge in [0.25, 0.3) is 0 Å². The summed E-state index contributed by atoms with van der Waals surface area (Å²) in [4.78, 5) is 34.0. The van der Waals surface area contributed by atoms with Gasteiger partial charge in [-0.25, -0.2) is 4.79 Å². The molecule has 7 nitrogen and oxygen atoms in total. The van der Waals surface area contributed by atoms with Crippen molar-refractivity contribution >= 4 is 34.4 Å². The van der Waals surface area contributed by atoms with Crippen LogP contribution in [0.25, 0.3) is 22.3 Å². The molecule has 1 aromatic heterocycles. The average Bonchev–Trinajstić information content (AvgIpc) is 2.65. The van der Waals surface area contributed by atoms with Gasteiger partial charge >= 0.3 is 11.9 Å². The van der Waals surface area contributed by atoms with Crippen molar-refractivity contribution < 1.29 is 23.8 Å². The van der Waals surface area contributed by atoms with Gasteiger partial charge in [0, 0.05) is 6.07 Å². The number of amides is 1. The summed E-state index contributed by atoms with van der Waals surface area (Å²) < 4.78 is 11.5. The van der Waals surface area contributed by atoms with E-state index in [0.717, 1.165) is 5.56 Å². The number of carbonyl (C=O) groups is 2. The highest BCUT2D eigenvalue weighted by Crippen LogP contribution is 2.33. The van der Waals surface area contributed by atoms with E-state index in [2.05, 4.69) is 5.32 Å². The highest BCUT2D eigenvalue weighted by atomic mass is 35.5. The summed E-state index contributed by atoms with van der Waals surface area (Å²) in [6.07, 6.45) is 0. The molecule has 0 aliphatic heterocycles. The van der Waals surface area contributed by atoms with Crippen LogP contribution in [0.15, 0.2) is 51.7 Å². The van der Waals surface area contributed by atoms with Gasteiger partial charge in [-0.1, -0.05) is 23.7 Å². The van der Waals surface area contributed by atoms with Crippen molar-refractivity contribution in [3.8, 4) is 17.1 Å². The number of carboxylic acid groups (broad SMARTS) is 1. The fourth-order valence-corrected chi connectivity index (χ4v) is 2.84. The molecule has 0 unspecified atom stereocenters. The number of benzene rings is 2. The molecule has 1 amide bonds. The van der Waals surface area contributed by atoms with Crippen LogP contribution in [0.1, 0.15) is 5.56 Å². The maximum absolute atomic E-state index is 12.4. The molecular weight excluding hydrogens is 386 g/mol. The number of aliphatic carboxylic acids is 1. The molecule has 0 bridgehead atoms. The van der Waals surface area contributed by atoms with Gasteiger partial charge in [0.1, 0.15) is 18.1 Å². The Morgan fingerprint density at radius 3 is 2.75 bits per heavy atom. The van der Waals surface area contributed by atoms with E-state index in [0.29, 0.717) is 21.7 Å². The first kappa shape index (κ1) is 19.4. The number of hydrogen-bond donors (Lipinski definition) is 2. The van der Waals surface area contributed by atoms with E-state index in [1.165, 1.54) is 6.07 Å². The molecule has 0 saturated heterocycles. The van der Waals surface area contributed by atoms with Crippen LogP contribution in [0.4, 0.5) is 0 Å². The molecule has 2 aromatic carbocycles. The van der Waals surface area contributed by atoms with Crippen molar-refractivity contribution in [1.29, 1.82) is 0 Å². The third-order valence-corrected chi connectivity index (χ3v) is 4.25. The number of rotatable bonds is 5. The normalized spacial score (nSPS) is 10.6. The molecule has 2 N–H and O–H groups in total.